The number of amides is 3. The van der Waals surface area contributed by atoms with Crippen LogP contribution in [-0.4, -0.2) is 35.1 Å². The molecule has 0 fully saturated rings. The molecule has 2 atom stereocenters. The van der Waals surface area contributed by atoms with Gasteiger partial charge < -0.3 is 21.5 Å². The SMILES string of the molecule is CCCCC(NC(=O)NC(C(N)=O)C(C)C)C(=O)O. The second-order valence-electron chi connectivity index (χ2n) is 4.77. The lowest BCUT2D eigenvalue weighted by Gasteiger charge is -2.21. The molecule has 5 N–H and O–H groups in total. The third-order valence-electron chi connectivity index (χ3n) is 2.71. The fourth-order valence-electron chi connectivity index (χ4n) is 1.57. The molecule has 7 nitrogen and oxygen atoms in total. The average Bonchev–Trinajstić information content (AvgIpc) is 2.30. The third kappa shape index (κ3) is 6.64. The molecule has 0 spiro atoms. The molecule has 0 bridgehead atoms. The maximum Gasteiger partial charge on any atom is 0.326 e. The molecule has 0 aliphatic rings. The summed E-state index contributed by atoms with van der Waals surface area (Å²) in [6.45, 7) is 5.41. The molecule has 0 saturated heterocycles. The molecular weight excluding hydrogens is 250 g/mol. The van der Waals surface area contributed by atoms with Crippen molar-refractivity contribution in [3.05, 3.63) is 0 Å². The molecule has 0 saturated carbocycles. The van der Waals surface area contributed by atoms with Gasteiger partial charge in [0.1, 0.15) is 12.1 Å². The predicted molar refractivity (Wildman–Crippen MR) is 70.4 cm³/mol. The quantitative estimate of drug-likeness (QED) is 0.512. The molecule has 7 heteroatoms. The van der Waals surface area contributed by atoms with E-state index in [0.717, 1.165) is 6.42 Å². The Morgan fingerprint density at radius 1 is 1.21 bits per heavy atom. The van der Waals surface area contributed by atoms with Crippen LogP contribution in [0.4, 0.5) is 4.79 Å². The van der Waals surface area contributed by atoms with Crippen LogP contribution in [0.15, 0.2) is 0 Å². The van der Waals surface area contributed by atoms with E-state index in [9.17, 15) is 14.4 Å². The number of carboxylic acid groups (broad SMARTS) is 1. The Labute approximate surface area is 112 Å². The van der Waals surface area contributed by atoms with E-state index >= 15 is 0 Å². The Balaban J connectivity index is 4.47. The number of nitrogens with two attached hydrogens (primary N) is 1. The number of carbonyl (C=O) groups is 3. The van der Waals surface area contributed by atoms with Gasteiger partial charge in [0.25, 0.3) is 0 Å². The number of hydrogen-bond acceptors (Lipinski definition) is 3. The fraction of sp³-hybridized carbons (Fsp3) is 0.750. The van der Waals surface area contributed by atoms with Crippen LogP contribution in [0.2, 0.25) is 0 Å². The van der Waals surface area contributed by atoms with Gasteiger partial charge >= 0.3 is 12.0 Å². The highest BCUT2D eigenvalue weighted by Gasteiger charge is 2.24. The molecule has 19 heavy (non-hydrogen) atoms. The van der Waals surface area contributed by atoms with Gasteiger partial charge in [-0.05, 0) is 12.3 Å². The number of unbranched alkanes of at least 4 members (excludes halogenated alkanes) is 1. The lowest BCUT2D eigenvalue weighted by atomic mass is 10.0. The first-order chi connectivity index (χ1) is 8.79. The molecule has 0 radical (unpaired) electrons. The van der Waals surface area contributed by atoms with E-state index in [1.165, 1.54) is 0 Å². The van der Waals surface area contributed by atoms with Crippen molar-refractivity contribution in [3.63, 3.8) is 0 Å². The summed E-state index contributed by atoms with van der Waals surface area (Å²) in [7, 11) is 0. The second-order valence-corrected chi connectivity index (χ2v) is 4.77. The Bertz CT molecular complexity index is 331. The average molecular weight is 273 g/mol. The van der Waals surface area contributed by atoms with Gasteiger partial charge in [0.05, 0.1) is 0 Å². The van der Waals surface area contributed by atoms with E-state index in [1.807, 2.05) is 6.92 Å². The highest BCUT2D eigenvalue weighted by Crippen LogP contribution is 2.03. The zero-order chi connectivity index (χ0) is 15.0. The van der Waals surface area contributed by atoms with Gasteiger partial charge in [-0.3, -0.25) is 4.79 Å². The van der Waals surface area contributed by atoms with Crippen molar-refractivity contribution in [1.82, 2.24) is 10.6 Å². The van der Waals surface area contributed by atoms with E-state index in [-0.39, 0.29) is 5.92 Å². The lowest BCUT2D eigenvalue weighted by Crippen LogP contribution is -2.54. The minimum absolute atomic E-state index is 0.165. The van der Waals surface area contributed by atoms with Crippen LogP contribution in [0, 0.1) is 5.92 Å². The monoisotopic (exact) mass is 273 g/mol. The van der Waals surface area contributed by atoms with Crippen LogP contribution in [0.5, 0.6) is 0 Å². The normalized spacial score (nSPS) is 13.7. The molecule has 0 aliphatic carbocycles. The summed E-state index contributed by atoms with van der Waals surface area (Å²) in [6.07, 6.45) is 1.88. The number of hydrogen-bond donors (Lipinski definition) is 4. The largest absolute Gasteiger partial charge is 0.480 e. The number of primary amides is 1. The number of carbonyl (C=O) groups excluding carboxylic acids is 2. The summed E-state index contributed by atoms with van der Waals surface area (Å²) in [5.41, 5.74) is 5.16. The first kappa shape index (κ1) is 17.2. The van der Waals surface area contributed by atoms with Crippen LogP contribution in [0.3, 0.4) is 0 Å². The first-order valence-corrected chi connectivity index (χ1v) is 6.38. The maximum atomic E-state index is 11.6. The minimum Gasteiger partial charge on any atom is -0.480 e. The number of aliphatic carboxylic acids is 1. The highest BCUT2D eigenvalue weighted by atomic mass is 16.4. The Kier molecular flexibility index (Phi) is 7.55. The number of urea groups is 1. The molecule has 110 valence electrons. The van der Waals surface area contributed by atoms with Gasteiger partial charge in [-0.15, -0.1) is 0 Å². The zero-order valence-corrected chi connectivity index (χ0v) is 11.6. The number of rotatable bonds is 8. The van der Waals surface area contributed by atoms with Gasteiger partial charge in [0.15, 0.2) is 0 Å². The summed E-state index contributed by atoms with van der Waals surface area (Å²) >= 11 is 0. The summed E-state index contributed by atoms with van der Waals surface area (Å²) < 4.78 is 0. The van der Waals surface area contributed by atoms with Crippen LogP contribution in [0.25, 0.3) is 0 Å². The van der Waals surface area contributed by atoms with Crippen molar-refractivity contribution in [2.24, 2.45) is 11.7 Å². The van der Waals surface area contributed by atoms with E-state index in [0.29, 0.717) is 12.8 Å². The Morgan fingerprint density at radius 3 is 2.16 bits per heavy atom. The van der Waals surface area contributed by atoms with Crippen LogP contribution < -0.4 is 16.4 Å². The molecule has 3 amide bonds. The maximum absolute atomic E-state index is 11.6. The van der Waals surface area contributed by atoms with Crippen molar-refractivity contribution < 1.29 is 19.5 Å². The molecule has 0 heterocycles. The molecule has 0 rings (SSSR count). The van der Waals surface area contributed by atoms with Gasteiger partial charge in [-0.2, -0.15) is 0 Å². The van der Waals surface area contributed by atoms with Crippen LogP contribution >= 0.6 is 0 Å². The molecule has 0 aromatic carbocycles. The third-order valence-corrected chi connectivity index (χ3v) is 2.71. The number of carboxylic acids is 1. The molecule has 0 aromatic rings. The van der Waals surface area contributed by atoms with Gasteiger partial charge in [-0.1, -0.05) is 33.6 Å². The van der Waals surface area contributed by atoms with Gasteiger partial charge in [-0.25, -0.2) is 9.59 Å². The highest BCUT2D eigenvalue weighted by molar-refractivity contribution is 5.88. The topological polar surface area (TPSA) is 122 Å². The first-order valence-electron chi connectivity index (χ1n) is 6.38. The second kappa shape index (κ2) is 8.34. The molecule has 0 aromatic heterocycles. The fourth-order valence-corrected chi connectivity index (χ4v) is 1.57. The van der Waals surface area contributed by atoms with Gasteiger partial charge in [0, 0.05) is 0 Å². The van der Waals surface area contributed by atoms with E-state index in [2.05, 4.69) is 10.6 Å². The predicted octanol–water partition coefficient (Wildman–Crippen LogP) is 0.439. The Hall–Kier alpha value is -1.79. The van der Waals surface area contributed by atoms with Crippen LogP contribution in [-0.2, 0) is 9.59 Å². The van der Waals surface area contributed by atoms with Crippen molar-refractivity contribution in [2.75, 3.05) is 0 Å². The van der Waals surface area contributed by atoms with Crippen molar-refractivity contribution >= 4 is 17.9 Å². The van der Waals surface area contributed by atoms with Crippen LogP contribution in [0.1, 0.15) is 40.0 Å². The van der Waals surface area contributed by atoms with Crippen molar-refractivity contribution in [1.29, 1.82) is 0 Å². The van der Waals surface area contributed by atoms with E-state index in [4.69, 9.17) is 10.8 Å². The lowest BCUT2D eigenvalue weighted by molar-refractivity contribution is -0.139. The summed E-state index contributed by atoms with van der Waals surface area (Å²) in [4.78, 5) is 33.7. The van der Waals surface area contributed by atoms with E-state index < -0.39 is 30.0 Å². The van der Waals surface area contributed by atoms with Crippen molar-refractivity contribution in [3.8, 4) is 0 Å². The van der Waals surface area contributed by atoms with Crippen molar-refractivity contribution in [2.45, 2.75) is 52.1 Å². The molecular formula is C12H23N3O4. The molecule has 2 unspecified atom stereocenters. The smallest absolute Gasteiger partial charge is 0.326 e. The van der Waals surface area contributed by atoms with E-state index in [1.54, 1.807) is 13.8 Å². The minimum atomic E-state index is -1.09. The Morgan fingerprint density at radius 2 is 1.79 bits per heavy atom. The summed E-state index contributed by atoms with van der Waals surface area (Å²) in [5, 5.41) is 13.7. The zero-order valence-electron chi connectivity index (χ0n) is 11.6. The summed E-state index contributed by atoms with van der Waals surface area (Å²) in [6, 6.07) is -2.47. The summed E-state index contributed by atoms with van der Waals surface area (Å²) in [5.74, 6) is -1.91. The van der Waals surface area contributed by atoms with Gasteiger partial charge in [0.2, 0.25) is 5.91 Å². The standard InChI is InChI=1S/C12H23N3O4/c1-4-5-6-8(11(17)18)14-12(19)15-9(7(2)3)10(13)16/h7-9H,4-6H2,1-3H3,(H2,13,16)(H,17,18)(H2,14,15,19). The molecule has 0 aliphatic heterocycles. The number of nitrogens with one attached hydrogen (secondary N) is 2.